The van der Waals surface area contributed by atoms with Crippen LogP contribution in [0.3, 0.4) is 0 Å². The maximum atomic E-state index is 12.0. The fraction of sp³-hybridized carbons (Fsp3) is 0.360. The Morgan fingerprint density at radius 1 is 1.25 bits per heavy atom. The van der Waals surface area contributed by atoms with E-state index in [1.807, 2.05) is 35.2 Å². The number of methoxy groups -OCH3 is 1. The molecule has 0 bridgehead atoms. The highest BCUT2D eigenvalue weighted by atomic mass is 32.2. The van der Waals surface area contributed by atoms with Crippen LogP contribution in [0.5, 0.6) is 5.75 Å². The van der Waals surface area contributed by atoms with E-state index < -0.39 is 10.0 Å². The van der Waals surface area contributed by atoms with Crippen LogP contribution in [-0.2, 0) is 21.3 Å². The summed E-state index contributed by atoms with van der Waals surface area (Å²) in [6.07, 6.45) is 7.22. The minimum absolute atomic E-state index is 0.172. The van der Waals surface area contributed by atoms with E-state index in [1.165, 1.54) is 7.11 Å². The van der Waals surface area contributed by atoms with Crippen LogP contribution in [0.25, 0.3) is 0 Å². The number of pyridine rings is 1. The predicted molar refractivity (Wildman–Crippen MR) is 143 cm³/mol. The van der Waals surface area contributed by atoms with E-state index in [-0.39, 0.29) is 18.2 Å². The van der Waals surface area contributed by atoms with E-state index in [2.05, 4.69) is 31.9 Å². The number of anilines is 2. The Morgan fingerprint density at radius 2 is 2.11 bits per heavy atom. The van der Waals surface area contributed by atoms with Gasteiger partial charge in [-0.15, -0.1) is 0 Å². The van der Waals surface area contributed by atoms with E-state index in [0.717, 1.165) is 49.3 Å². The molecule has 0 spiro atoms. The van der Waals surface area contributed by atoms with Gasteiger partial charge in [-0.3, -0.25) is 9.71 Å². The Morgan fingerprint density at radius 3 is 2.81 bits per heavy atom. The third-order valence-corrected chi connectivity index (χ3v) is 7.35. The first kappa shape index (κ1) is 24.5. The largest absolute Gasteiger partial charge is 0.495 e. The summed E-state index contributed by atoms with van der Waals surface area (Å²) in [5.41, 5.74) is 2.99. The van der Waals surface area contributed by atoms with Gasteiger partial charge in [-0.2, -0.15) is 0 Å². The first-order chi connectivity index (χ1) is 17.3. The monoisotopic (exact) mass is 527 g/mol. The summed E-state index contributed by atoms with van der Waals surface area (Å²) in [7, 11) is -2.02. The molecular weight excluding hydrogens is 498 g/mol. The van der Waals surface area contributed by atoms with Gasteiger partial charge in [0.1, 0.15) is 11.8 Å². The molecule has 0 unspecified atom stereocenters. The van der Waals surface area contributed by atoms with E-state index in [9.17, 15) is 8.42 Å². The molecule has 0 saturated carbocycles. The van der Waals surface area contributed by atoms with Gasteiger partial charge in [0.2, 0.25) is 10.0 Å². The summed E-state index contributed by atoms with van der Waals surface area (Å²) in [6, 6.07) is 14.9. The smallest absolute Gasteiger partial charge is 0.229 e. The summed E-state index contributed by atoms with van der Waals surface area (Å²) < 4.78 is 40.1. The molecule has 2 saturated heterocycles. The normalized spacial score (nSPS) is 22.0. The molecule has 11 heteroatoms. The Hall–Kier alpha value is -3.15. The molecule has 5 rings (SSSR count). The van der Waals surface area contributed by atoms with Crippen LogP contribution >= 0.6 is 12.2 Å². The first-order valence-corrected chi connectivity index (χ1v) is 14.1. The number of benzene rings is 1. The van der Waals surface area contributed by atoms with E-state index in [0.29, 0.717) is 16.5 Å². The summed E-state index contributed by atoms with van der Waals surface area (Å²) in [5, 5.41) is 3.98. The lowest BCUT2D eigenvalue weighted by Gasteiger charge is -2.30. The molecule has 9 nitrogen and oxygen atoms in total. The van der Waals surface area contributed by atoms with Crippen molar-refractivity contribution in [1.82, 2.24) is 14.9 Å². The number of hydrogen-bond acceptors (Lipinski definition) is 6. The number of ether oxygens (including phenoxy) is 2. The molecule has 0 aliphatic carbocycles. The van der Waals surface area contributed by atoms with Gasteiger partial charge in [0.15, 0.2) is 5.11 Å². The standard InChI is InChI=1S/C25H29N5O4S2/c1-33-22-11-10-17(15-20(22)28-36(2,31)32)30-24(23(27-25(30)35)19-8-3-4-12-26-19)21-9-5-13-29(21)16-18-7-6-14-34-18/h3-5,8-13,15,18,23-24,28H,6-7,14,16H2,1-2H3,(H,27,35)/t18-,23+,24-/m0/s1. The average Bonchev–Trinajstić information content (AvgIpc) is 3.59. The Balaban J connectivity index is 1.59. The van der Waals surface area contributed by atoms with E-state index >= 15 is 0 Å². The summed E-state index contributed by atoms with van der Waals surface area (Å²) in [4.78, 5) is 6.63. The van der Waals surface area contributed by atoms with Crippen molar-refractivity contribution in [3.05, 3.63) is 72.3 Å². The lowest BCUT2D eigenvalue weighted by molar-refractivity contribution is 0.0961. The quantitative estimate of drug-likeness (QED) is 0.429. The fourth-order valence-electron chi connectivity index (χ4n) is 4.93. The number of nitrogens with one attached hydrogen (secondary N) is 2. The lowest BCUT2D eigenvalue weighted by Crippen LogP contribution is -2.31. The van der Waals surface area contributed by atoms with Crippen molar-refractivity contribution in [3.63, 3.8) is 0 Å². The van der Waals surface area contributed by atoms with Crippen molar-refractivity contribution >= 4 is 38.7 Å². The zero-order valence-corrected chi connectivity index (χ0v) is 21.8. The minimum Gasteiger partial charge on any atom is -0.495 e. The van der Waals surface area contributed by atoms with Gasteiger partial charge in [-0.05, 0) is 67.5 Å². The SMILES string of the molecule is COc1ccc(N2C(=S)N[C@H](c3ccccn3)[C@@H]2c2cccn2C[C@@H]2CCCO2)cc1NS(C)(=O)=O. The molecule has 2 aliphatic rings. The molecule has 2 aromatic heterocycles. The Kier molecular flexibility index (Phi) is 6.87. The molecule has 1 aromatic carbocycles. The average molecular weight is 528 g/mol. The number of nitrogens with zero attached hydrogens (tertiary/aromatic N) is 3. The van der Waals surface area contributed by atoms with Gasteiger partial charge in [0.25, 0.3) is 0 Å². The molecule has 2 aliphatic heterocycles. The molecule has 3 aromatic rings. The maximum absolute atomic E-state index is 12.0. The van der Waals surface area contributed by atoms with Gasteiger partial charge in [0, 0.05) is 36.9 Å². The number of rotatable bonds is 8. The second-order valence-electron chi connectivity index (χ2n) is 8.98. The number of hydrogen-bond donors (Lipinski definition) is 2. The van der Waals surface area contributed by atoms with Gasteiger partial charge >= 0.3 is 0 Å². The van der Waals surface area contributed by atoms with Crippen LogP contribution in [0.4, 0.5) is 11.4 Å². The number of thiocarbonyl (C=S) groups is 1. The highest BCUT2D eigenvalue weighted by Gasteiger charge is 2.42. The molecule has 0 amide bonds. The third kappa shape index (κ3) is 5.04. The third-order valence-electron chi connectivity index (χ3n) is 6.45. The Bertz CT molecular complexity index is 1340. The van der Waals surface area contributed by atoms with Crippen molar-refractivity contribution in [2.45, 2.75) is 37.6 Å². The molecule has 3 atom stereocenters. The highest BCUT2D eigenvalue weighted by molar-refractivity contribution is 7.92. The maximum Gasteiger partial charge on any atom is 0.229 e. The fourth-order valence-corrected chi connectivity index (χ4v) is 5.83. The van der Waals surface area contributed by atoms with Crippen LogP contribution in [0.15, 0.2) is 60.9 Å². The first-order valence-electron chi connectivity index (χ1n) is 11.8. The predicted octanol–water partition coefficient (Wildman–Crippen LogP) is 3.62. The van der Waals surface area contributed by atoms with Crippen molar-refractivity contribution in [3.8, 4) is 5.75 Å². The van der Waals surface area contributed by atoms with Gasteiger partial charge < -0.3 is 24.3 Å². The van der Waals surface area contributed by atoms with Gasteiger partial charge in [-0.25, -0.2) is 8.42 Å². The van der Waals surface area contributed by atoms with E-state index in [1.54, 1.807) is 18.3 Å². The van der Waals surface area contributed by atoms with Crippen LogP contribution in [-0.4, -0.2) is 49.2 Å². The Labute approximate surface area is 216 Å². The van der Waals surface area contributed by atoms with Crippen molar-refractivity contribution < 1.29 is 17.9 Å². The second-order valence-corrected chi connectivity index (χ2v) is 11.1. The van der Waals surface area contributed by atoms with Crippen LogP contribution in [0.1, 0.15) is 36.3 Å². The van der Waals surface area contributed by atoms with Crippen molar-refractivity contribution in [1.29, 1.82) is 0 Å². The van der Waals surface area contributed by atoms with Crippen molar-refractivity contribution in [2.75, 3.05) is 29.6 Å². The van der Waals surface area contributed by atoms with Crippen LogP contribution in [0.2, 0.25) is 0 Å². The zero-order chi connectivity index (χ0) is 25.3. The summed E-state index contributed by atoms with van der Waals surface area (Å²) in [5.74, 6) is 0.418. The topological polar surface area (TPSA) is 97.7 Å². The zero-order valence-electron chi connectivity index (χ0n) is 20.1. The second kappa shape index (κ2) is 10.1. The molecule has 4 heterocycles. The summed E-state index contributed by atoms with van der Waals surface area (Å²) in [6.45, 7) is 1.54. The highest BCUT2D eigenvalue weighted by Crippen LogP contribution is 2.43. The molecule has 190 valence electrons. The molecule has 2 N–H and O–H groups in total. The lowest BCUT2D eigenvalue weighted by atomic mass is 10.0. The number of aromatic nitrogens is 2. The molecular formula is C25H29N5O4S2. The van der Waals surface area contributed by atoms with E-state index in [4.69, 9.17) is 21.7 Å². The summed E-state index contributed by atoms with van der Waals surface area (Å²) >= 11 is 5.83. The van der Waals surface area contributed by atoms with Gasteiger partial charge in [0.05, 0.1) is 36.9 Å². The molecule has 0 radical (unpaired) electrons. The van der Waals surface area contributed by atoms with Crippen molar-refractivity contribution in [2.24, 2.45) is 0 Å². The van der Waals surface area contributed by atoms with Gasteiger partial charge in [-0.1, -0.05) is 6.07 Å². The molecule has 36 heavy (non-hydrogen) atoms. The minimum atomic E-state index is -3.52. The molecule has 2 fully saturated rings. The van der Waals surface area contributed by atoms with Crippen LogP contribution in [0, 0.1) is 0 Å². The number of sulfonamides is 1. The van der Waals surface area contributed by atoms with Crippen LogP contribution < -0.4 is 19.7 Å².